The number of carbonyl (C=O) groups excluding carboxylic acids is 1. The largest absolute Gasteiger partial charge is 0.306 e. The van der Waals surface area contributed by atoms with Crippen LogP contribution in [0.25, 0.3) is 0 Å². The van der Waals surface area contributed by atoms with Crippen molar-refractivity contribution in [2.24, 2.45) is 0 Å². The summed E-state index contributed by atoms with van der Waals surface area (Å²) in [4.78, 5) is 23.2. The number of carbonyl (C=O) groups is 1. The van der Waals surface area contributed by atoms with Crippen LogP contribution in [0.3, 0.4) is 0 Å². The summed E-state index contributed by atoms with van der Waals surface area (Å²) in [6.07, 6.45) is 0. The smallest absolute Gasteiger partial charge is 0.282 e. The zero-order valence-electron chi connectivity index (χ0n) is 14.1. The number of hydrogen-bond donors (Lipinski definition) is 1. The SMILES string of the molecule is CC(C)(C)n1nc2c(c1NC(=O)c1ccccc1[N+](=O)[O-])C[S@](=O)C2. The molecule has 1 aliphatic rings. The molecular weight excluding hydrogens is 344 g/mol. The van der Waals surface area contributed by atoms with E-state index in [0.717, 1.165) is 5.56 Å². The normalized spacial score (nSPS) is 16.5. The number of para-hydroxylation sites is 1. The Kier molecular flexibility index (Phi) is 4.19. The number of rotatable bonds is 3. The van der Waals surface area contributed by atoms with Gasteiger partial charge in [-0.05, 0) is 26.8 Å². The van der Waals surface area contributed by atoms with Crippen LogP contribution in [0.1, 0.15) is 42.4 Å². The molecule has 9 heteroatoms. The highest BCUT2D eigenvalue weighted by atomic mass is 32.2. The highest BCUT2D eigenvalue weighted by Gasteiger charge is 2.32. The molecule has 2 heterocycles. The summed E-state index contributed by atoms with van der Waals surface area (Å²) in [5.74, 6) is 0.541. The van der Waals surface area contributed by atoms with Crippen molar-refractivity contribution in [3.05, 3.63) is 51.2 Å². The van der Waals surface area contributed by atoms with Gasteiger partial charge < -0.3 is 5.32 Å². The Hall–Kier alpha value is -2.55. The van der Waals surface area contributed by atoms with Crippen molar-refractivity contribution in [3.8, 4) is 0 Å². The van der Waals surface area contributed by atoms with E-state index < -0.39 is 27.2 Å². The van der Waals surface area contributed by atoms with Gasteiger partial charge in [-0.2, -0.15) is 5.10 Å². The van der Waals surface area contributed by atoms with Crippen molar-refractivity contribution in [2.75, 3.05) is 5.32 Å². The predicted octanol–water partition coefficient (Wildman–Crippen LogP) is 2.56. The van der Waals surface area contributed by atoms with Crippen LogP contribution in [0.15, 0.2) is 24.3 Å². The van der Waals surface area contributed by atoms with E-state index in [-0.39, 0.29) is 11.3 Å². The van der Waals surface area contributed by atoms with E-state index >= 15 is 0 Å². The van der Waals surface area contributed by atoms with Crippen molar-refractivity contribution >= 4 is 28.2 Å². The number of nitro benzene ring substituents is 1. The van der Waals surface area contributed by atoms with Gasteiger partial charge in [-0.25, -0.2) is 4.68 Å². The second-order valence-corrected chi connectivity index (χ2v) is 8.27. The first-order chi connectivity index (χ1) is 11.7. The van der Waals surface area contributed by atoms with Gasteiger partial charge in [0.2, 0.25) is 0 Å². The summed E-state index contributed by atoms with van der Waals surface area (Å²) in [6.45, 7) is 5.81. The lowest BCUT2D eigenvalue weighted by Crippen LogP contribution is -2.27. The van der Waals surface area contributed by atoms with Gasteiger partial charge in [0, 0.05) is 22.4 Å². The van der Waals surface area contributed by atoms with Crippen LogP contribution in [-0.4, -0.2) is 24.8 Å². The molecule has 8 nitrogen and oxygen atoms in total. The van der Waals surface area contributed by atoms with Crippen molar-refractivity contribution < 1.29 is 13.9 Å². The van der Waals surface area contributed by atoms with Crippen LogP contribution in [-0.2, 0) is 27.8 Å². The Morgan fingerprint density at radius 1 is 1.32 bits per heavy atom. The van der Waals surface area contributed by atoms with E-state index in [0.29, 0.717) is 23.0 Å². The fourth-order valence-corrected chi connectivity index (χ4v) is 4.01. The summed E-state index contributed by atoms with van der Waals surface area (Å²) in [5, 5.41) is 18.4. The number of amides is 1. The van der Waals surface area contributed by atoms with Gasteiger partial charge in [0.25, 0.3) is 11.6 Å². The number of benzene rings is 1. The van der Waals surface area contributed by atoms with Crippen LogP contribution < -0.4 is 5.32 Å². The summed E-state index contributed by atoms with van der Waals surface area (Å²) < 4.78 is 13.5. The molecule has 0 spiro atoms. The third-order valence-electron chi connectivity index (χ3n) is 3.88. The van der Waals surface area contributed by atoms with E-state index in [1.54, 1.807) is 10.7 Å². The third kappa shape index (κ3) is 3.19. The molecular formula is C16H18N4O4S. The molecule has 0 unspecified atom stereocenters. The standard InChI is InChI=1S/C16H18N4O4S/c1-16(2,3)19-14(11-8-25(24)9-12(11)18-19)17-15(21)10-6-4-5-7-13(10)20(22)23/h4-7H,8-9H2,1-3H3,(H,17,21)/t25-/m0/s1. The molecule has 0 fully saturated rings. The molecule has 1 atom stereocenters. The van der Waals surface area contributed by atoms with Crippen LogP contribution in [0.2, 0.25) is 0 Å². The molecule has 0 radical (unpaired) electrons. The molecule has 25 heavy (non-hydrogen) atoms. The van der Waals surface area contributed by atoms with Gasteiger partial charge in [-0.3, -0.25) is 19.1 Å². The summed E-state index contributed by atoms with van der Waals surface area (Å²) in [6, 6.07) is 5.77. The van der Waals surface area contributed by atoms with Gasteiger partial charge in [-0.15, -0.1) is 0 Å². The topological polar surface area (TPSA) is 107 Å². The number of nitrogens with zero attached hydrogens (tertiary/aromatic N) is 3. The maximum atomic E-state index is 12.7. The van der Waals surface area contributed by atoms with E-state index in [1.165, 1.54) is 18.2 Å². The van der Waals surface area contributed by atoms with E-state index in [1.807, 2.05) is 20.8 Å². The summed E-state index contributed by atoms with van der Waals surface area (Å²) in [5.41, 5.74) is 0.743. The molecule has 2 aromatic rings. The molecule has 0 saturated carbocycles. The maximum absolute atomic E-state index is 12.7. The molecule has 1 amide bonds. The molecule has 0 aliphatic carbocycles. The predicted molar refractivity (Wildman–Crippen MR) is 93.8 cm³/mol. The molecule has 3 rings (SSSR count). The quantitative estimate of drug-likeness (QED) is 0.667. The number of anilines is 1. The summed E-state index contributed by atoms with van der Waals surface area (Å²) in [7, 11) is -1.04. The van der Waals surface area contributed by atoms with Crippen LogP contribution in [0.5, 0.6) is 0 Å². The van der Waals surface area contributed by atoms with Crippen LogP contribution in [0.4, 0.5) is 11.5 Å². The maximum Gasteiger partial charge on any atom is 0.282 e. The molecule has 0 saturated heterocycles. The molecule has 132 valence electrons. The Labute approximate surface area is 146 Å². The lowest BCUT2D eigenvalue weighted by Gasteiger charge is -2.23. The van der Waals surface area contributed by atoms with Crippen molar-refractivity contribution in [1.29, 1.82) is 0 Å². The average Bonchev–Trinajstić information content (AvgIpc) is 3.04. The Bertz CT molecular complexity index is 898. The summed E-state index contributed by atoms with van der Waals surface area (Å²) >= 11 is 0. The van der Waals surface area contributed by atoms with E-state index in [4.69, 9.17) is 0 Å². The first kappa shape index (κ1) is 17.3. The first-order valence-electron chi connectivity index (χ1n) is 7.69. The van der Waals surface area contributed by atoms with Gasteiger partial charge in [-0.1, -0.05) is 12.1 Å². The zero-order valence-corrected chi connectivity index (χ0v) is 14.9. The second-order valence-electron chi connectivity index (χ2n) is 6.81. The molecule has 1 aliphatic heterocycles. The van der Waals surface area contributed by atoms with Crippen molar-refractivity contribution in [3.63, 3.8) is 0 Å². The zero-order chi connectivity index (χ0) is 18.4. The average molecular weight is 362 g/mol. The van der Waals surface area contributed by atoms with E-state index in [2.05, 4.69) is 10.4 Å². The number of nitrogens with one attached hydrogen (secondary N) is 1. The number of fused-ring (bicyclic) bond motifs is 1. The fourth-order valence-electron chi connectivity index (χ4n) is 2.74. The fraction of sp³-hybridized carbons (Fsp3) is 0.375. The third-order valence-corrected chi connectivity index (χ3v) is 5.09. The Morgan fingerprint density at radius 2 is 2.00 bits per heavy atom. The van der Waals surface area contributed by atoms with Gasteiger partial charge in [0.1, 0.15) is 11.4 Å². The number of aromatic nitrogens is 2. The minimum Gasteiger partial charge on any atom is -0.306 e. The van der Waals surface area contributed by atoms with Gasteiger partial charge in [0.05, 0.1) is 27.7 Å². The van der Waals surface area contributed by atoms with Gasteiger partial charge in [0.15, 0.2) is 0 Å². The number of hydrogen-bond acceptors (Lipinski definition) is 5. The minimum absolute atomic E-state index is 0.0259. The highest BCUT2D eigenvalue weighted by Crippen LogP contribution is 2.33. The molecule has 1 N–H and O–H groups in total. The van der Waals surface area contributed by atoms with Crippen molar-refractivity contribution in [2.45, 2.75) is 37.8 Å². The second kappa shape index (κ2) is 6.07. The Balaban J connectivity index is 2.03. The monoisotopic (exact) mass is 362 g/mol. The molecule has 1 aromatic heterocycles. The minimum atomic E-state index is -1.04. The lowest BCUT2D eigenvalue weighted by atomic mass is 10.1. The number of nitro groups is 1. The highest BCUT2D eigenvalue weighted by molar-refractivity contribution is 7.83. The Morgan fingerprint density at radius 3 is 2.64 bits per heavy atom. The lowest BCUT2D eigenvalue weighted by molar-refractivity contribution is -0.385. The van der Waals surface area contributed by atoms with Gasteiger partial charge >= 0.3 is 0 Å². The van der Waals surface area contributed by atoms with Crippen LogP contribution >= 0.6 is 0 Å². The van der Waals surface area contributed by atoms with Crippen molar-refractivity contribution in [1.82, 2.24) is 9.78 Å². The van der Waals surface area contributed by atoms with E-state index in [9.17, 15) is 19.1 Å². The first-order valence-corrected chi connectivity index (χ1v) is 9.18. The van der Waals surface area contributed by atoms with Crippen LogP contribution in [0, 0.1) is 10.1 Å². The molecule has 0 bridgehead atoms. The molecule has 1 aromatic carbocycles.